The summed E-state index contributed by atoms with van der Waals surface area (Å²) >= 11 is 0. The Morgan fingerprint density at radius 3 is 1.93 bits per heavy atom. The smallest absolute Gasteiger partial charge is 0.311 e. The second-order valence-electron chi connectivity index (χ2n) is 5.11. The second-order valence-corrected chi connectivity index (χ2v) is 5.11. The zero-order chi connectivity index (χ0) is 20.7. The Hall–Kier alpha value is -4.26. The summed E-state index contributed by atoms with van der Waals surface area (Å²) in [7, 11) is 0. The van der Waals surface area contributed by atoms with Crippen molar-refractivity contribution in [2.24, 2.45) is 21.0 Å². The molecule has 0 aliphatic heterocycles. The number of nitrogens with one attached hydrogen (secondary N) is 1. The predicted octanol–water partition coefficient (Wildman–Crippen LogP) is 1.61. The highest BCUT2D eigenvalue weighted by molar-refractivity contribution is 5.86. The summed E-state index contributed by atoms with van der Waals surface area (Å²) in [5.74, 6) is -1.18. The quantitative estimate of drug-likeness (QED) is 0.232. The minimum Gasteiger partial charge on any atom is -0.502 e. The van der Waals surface area contributed by atoms with Gasteiger partial charge < -0.3 is 15.9 Å². The third-order valence-corrected chi connectivity index (χ3v) is 3.16. The number of guanidine groups is 1. The van der Waals surface area contributed by atoms with Gasteiger partial charge in [-0.3, -0.25) is 20.2 Å². The van der Waals surface area contributed by atoms with E-state index in [1.807, 2.05) is 0 Å². The van der Waals surface area contributed by atoms with Crippen molar-refractivity contribution in [1.82, 2.24) is 5.43 Å². The summed E-state index contributed by atoms with van der Waals surface area (Å²) in [6.45, 7) is 0. The third-order valence-electron chi connectivity index (χ3n) is 3.16. The number of aromatic hydroxyl groups is 2. The fourth-order valence-electron chi connectivity index (χ4n) is 1.89. The van der Waals surface area contributed by atoms with Gasteiger partial charge in [0.15, 0.2) is 11.5 Å². The molecule has 0 atom stereocenters. The summed E-state index contributed by atoms with van der Waals surface area (Å²) in [4.78, 5) is 20.0. The van der Waals surface area contributed by atoms with E-state index in [1.54, 1.807) is 0 Å². The molecule has 0 amide bonds. The van der Waals surface area contributed by atoms with Gasteiger partial charge in [0.25, 0.3) is 0 Å². The van der Waals surface area contributed by atoms with Crippen LogP contribution in [0.15, 0.2) is 51.7 Å². The highest BCUT2D eigenvalue weighted by Crippen LogP contribution is 2.26. The summed E-state index contributed by atoms with van der Waals surface area (Å²) in [6, 6.07) is 7.30. The van der Waals surface area contributed by atoms with Crippen molar-refractivity contribution in [2.75, 3.05) is 0 Å². The molecule has 29 heavy (non-hydrogen) atoms. The molecule has 0 aromatic heterocycles. The van der Waals surface area contributed by atoms with Crippen LogP contribution in [0.1, 0.15) is 11.1 Å². The van der Waals surface area contributed by atoms with Gasteiger partial charge in [0, 0.05) is 23.3 Å². The lowest BCUT2D eigenvalue weighted by atomic mass is 10.2. The van der Waals surface area contributed by atoms with Crippen molar-refractivity contribution in [1.29, 1.82) is 0 Å². The Labute approximate surface area is 168 Å². The van der Waals surface area contributed by atoms with E-state index in [0.717, 1.165) is 24.3 Å². The van der Waals surface area contributed by atoms with E-state index in [-0.39, 0.29) is 18.4 Å². The highest BCUT2D eigenvalue weighted by atomic mass is 35.5. The van der Waals surface area contributed by atoms with Crippen LogP contribution in [-0.4, -0.2) is 38.4 Å². The van der Waals surface area contributed by atoms with E-state index in [0.29, 0.717) is 11.1 Å². The first-order chi connectivity index (χ1) is 13.3. The molecular formula is C15H14ClN7O6. The van der Waals surface area contributed by atoms with Gasteiger partial charge in [-0.2, -0.15) is 10.2 Å². The van der Waals surface area contributed by atoms with E-state index in [1.165, 1.54) is 24.6 Å². The van der Waals surface area contributed by atoms with Gasteiger partial charge in [-0.05, 0) is 24.3 Å². The fraction of sp³-hybridized carbons (Fsp3) is 0. The molecule has 2 aromatic rings. The minimum absolute atomic E-state index is 0. The molecule has 0 spiro atoms. The number of nitrogens with two attached hydrogens (primary N) is 1. The number of hydrogen-bond donors (Lipinski definition) is 4. The minimum atomic E-state index is -0.742. The molecule has 5 N–H and O–H groups in total. The first-order valence-electron chi connectivity index (χ1n) is 7.38. The number of nitro groups is 2. The van der Waals surface area contributed by atoms with Crippen molar-refractivity contribution in [3.8, 4) is 11.5 Å². The van der Waals surface area contributed by atoms with Gasteiger partial charge in [0.1, 0.15) is 0 Å². The molecule has 152 valence electrons. The molecule has 0 radical (unpaired) electrons. The standard InChI is InChI=1S/C15H13N7O6.ClH/c16-15(19-17-7-9-1-3-13(23)11(5-9)21(25)26)20-18-8-10-2-4-14(24)12(6-10)22(27)28;/h1-8,23-24H,(H3,16,19,20);1H/b17-7+,18-8+;. The fourth-order valence-corrected chi connectivity index (χ4v) is 1.89. The van der Waals surface area contributed by atoms with E-state index in [4.69, 9.17) is 5.73 Å². The highest BCUT2D eigenvalue weighted by Gasteiger charge is 2.13. The Balaban J connectivity index is 0.00000420. The lowest BCUT2D eigenvalue weighted by Gasteiger charge is -1.98. The Morgan fingerprint density at radius 2 is 1.45 bits per heavy atom. The van der Waals surface area contributed by atoms with Crippen molar-refractivity contribution >= 4 is 42.2 Å². The largest absolute Gasteiger partial charge is 0.502 e. The summed E-state index contributed by atoms with van der Waals surface area (Å²) < 4.78 is 0. The summed E-state index contributed by atoms with van der Waals surface area (Å²) in [5.41, 5.74) is 7.52. The maximum absolute atomic E-state index is 10.7. The Morgan fingerprint density at radius 1 is 0.966 bits per heavy atom. The molecule has 0 saturated heterocycles. The van der Waals surface area contributed by atoms with Crippen molar-refractivity contribution < 1.29 is 20.1 Å². The van der Waals surface area contributed by atoms with E-state index in [2.05, 4.69) is 20.7 Å². The average molecular weight is 424 g/mol. The first kappa shape index (κ1) is 22.8. The number of nitro benzene ring substituents is 2. The molecule has 0 aliphatic rings. The van der Waals surface area contributed by atoms with Crippen LogP contribution in [-0.2, 0) is 0 Å². The molecule has 0 heterocycles. The predicted molar refractivity (Wildman–Crippen MR) is 107 cm³/mol. The van der Waals surface area contributed by atoms with Crippen molar-refractivity contribution in [3.63, 3.8) is 0 Å². The molecule has 0 bridgehead atoms. The van der Waals surface area contributed by atoms with Gasteiger partial charge in [0.2, 0.25) is 5.96 Å². The van der Waals surface area contributed by atoms with E-state index < -0.39 is 32.7 Å². The molecule has 13 nitrogen and oxygen atoms in total. The van der Waals surface area contributed by atoms with Gasteiger partial charge in [-0.15, -0.1) is 17.5 Å². The molecule has 0 saturated carbocycles. The van der Waals surface area contributed by atoms with Gasteiger partial charge in [-0.25, -0.2) is 5.43 Å². The van der Waals surface area contributed by atoms with Gasteiger partial charge >= 0.3 is 11.4 Å². The third kappa shape index (κ3) is 6.44. The SMILES string of the molecule is Cl.N/C(=N\N=C\c1ccc(O)c([N+](=O)[O-])c1)N/N=C/c1ccc(O)c([N+](=O)[O-])c1. The zero-order valence-electron chi connectivity index (χ0n) is 14.4. The molecule has 14 heteroatoms. The Bertz CT molecular complexity index is 1010. The molecule has 0 fully saturated rings. The van der Waals surface area contributed by atoms with Crippen LogP contribution in [0.25, 0.3) is 0 Å². The number of hydrazone groups is 1. The van der Waals surface area contributed by atoms with Crippen LogP contribution >= 0.6 is 12.4 Å². The summed E-state index contributed by atoms with van der Waals surface area (Å²) in [5, 5.41) is 51.1. The maximum atomic E-state index is 10.7. The van der Waals surface area contributed by atoms with Crippen molar-refractivity contribution in [2.45, 2.75) is 0 Å². The van der Waals surface area contributed by atoms with Crippen LogP contribution in [0.5, 0.6) is 11.5 Å². The van der Waals surface area contributed by atoms with Crippen molar-refractivity contribution in [3.05, 3.63) is 67.8 Å². The lowest BCUT2D eigenvalue weighted by molar-refractivity contribution is -0.386. The number of halogens is 1. The molecular weight excluding hydrogens is 410 g/mol. The number of rotatable bonds is 6. The number of benzene rings is 2. The van der Waals surface area contributed by atoms with E-state index in [9.17, 15) is 30.4 Å². The number of hydrogen-bond acceptors (Lipinski definition) is 9. The average Bonchev–Trinajstić information content (AvgIpc) is 2.64. The molecule has 2 rings (SSSR count). The van der Waals surface area contributed by atoms with E-state index >= 15 is 0 Å². The monoisotopic (exact) mass is 423 g/mol. The number of phenols is 2. The number of phenolic OH excluding ortho intramolecular Hbond substituents is 2. The van der Waals surface area contributed by atoms with Gasteiger partial charge in [-0.1, -0.05) is 0 Å². The van der Waals surface area contributed by atoms with Crippen LogP contribution < -0.4 is 11.2 Å². The molecule has 2 aromatic carbocycles. The molecule has 0 aliphatic carbocycles. The first-order valence-corrected chi connectivity index (χ1v) is 7.38. The zero-order valence-corrected chi connectivity index (χ0v) is 15.2. The second kappa shape index (κ2) is 10.2. The molecule has 0 unspecified atom stereocenters. The lowest BCUT2D eigenvalue weighted by Crippen LogP contribution is -2.26. The maximum Gasteiger partial charge on any atom is 0.311 e. The topological polar surface area (TPSA) is 202 Å². The Kier molecular flexibility index (Phi) is 7.99. The normalized spacial score (nSPS) is 11.4. The summed E-state index contributed by atoms with van der Waals surface area (Å²) in [6.07, 6.45) is 2.38. The van der Waals surface area contributed by atoms with Crippen LogP contribution in [0, 0.1) is 20.2 Å². The van der Waals surface area contributed by atoms with Crippen LogP contribution in [0.4, 0.5) is 11.4 Å². The van der Waals surface area contributed by atoms with Crippen LogP contribution in [0.3, 0.4) is 0 Å². The number of nitrogens with zero attached hydrogens (tertiary/aromatic N) is 5. The van der Waals surface area contributed by atoms with Crippen LogP contribution in [0.2, 0.25) is 0 Å². The van der Waals surface area contributed by atoms with Gasteiger partial charge in [0.05, 0.1) is 22.3 Å².